The highest BCUT2D eigenvalue weighted by Crippen LogP contribution is 2.18. The normalized spacial score (nSPS) is 24.4. The molecule has 2 atom stereocenters. The predicted octanol–water partition coefficient (Wildman–Crippen LogP) is -0.526. The van der Waals surface area contributed by atoms with E-state index >= 15 is 0 Å². The zero-order valence-electron chi connectivity index (χ0n) is 11.6. The highest BCUT2D eigenvalue weighted by Gasteiger charge is 2.29. The first-order valence-electron chi connectivity index (χ1n) is 6.40. The number of sulfonamides is 1. The maximum atomic E-state index is 12.1. The van der Waals surface area contributed by atoms with Gasteiger partial charge in [0.2, 0.25) is 10.0 Å². The number of likely N-dealkylation sites (tertiary alicyclic amines) is 1. The number of nitrogens with zero attached hydrogens (tertiary/aromatic N) is 2. The lowest BCUT2D eigenvalue weighted by Crippen LogP contribution is -2.23. The van der Waals surface area contributed by atoms with Crippen molar-refractivity contribution in [2.45, 2.75) is 23.6 Å². The van der Waals surface area contributed by atoms with Gasteiger partial charge in [-0.05, 0) is 17.7 Å². The highest BCUT2D eigenvalue weighted by atomic mass is 32.2. The minimum absolute atomic E-state index is 0.250. The van der Waals surface area contributed by atoms with Crippen LogP contribution < -0.4 is 0 Å². The van der Waals surface area contributed by atoms with Crippen LogP contribution in [0, 0.1) is 0 Å². The number of benzene rings is 1. The Morgan fingerprint density at radius 1 is 1.25 bits per heavy atom. The SMILES string of the molecule is CN(C)S(=O)(=O)c1cccc(CN2C[C@@H](O)[C@@H](O)C2)c1. The Bertz CT molecular complexity index is 563. The fourth-order valence-electron chi connectivity index (χ4n) is 2.25. The predicted molar refractivity (Wildman–Crippen MR) is 74.6 cm³/mol. The van der Waals surface area contributed by atoms with Crippen molar-refractivity contribution in [1.29, 1.82) is 0 Å². The Kier molecular flexibility index (Phi) is 4.46. The third-order valence-corrected chi connectivity index (χ3v) is 5.23. The molecule has 1 aliphatic rings. The average molecular weight is 300 g/mol. The van der Waals surface area contributed by atoms with Gasteiger partial charge in [-0.15, -0.1) is 0 Å². The molecule has 0 spiro atoms. The maximum absolute atomic E-state index is 12.1. The molecule has 0 unspecified atom stereocenters. The van der Waals surface area contributed by atoms with Crippen molar-refractivity contribution in [2.24, 2.45) is 0 Å². The van der Waals surface area contributed by atoms with E-state index in [1.54, 1.807) is 18.2 Å². The second-order valence-electron chi connectivity index (χ2n) is 5.26. The second-order valence-corrected chi connectivity index (χ2v) is 7.42. The summed E-state index contributed by atoms with van der Waals surface area (Å²) >= 11 is 0. The Morgan fingerprint density at radius 2 is 1.85 bits per heavy atom. The van der Waals surface area contributed by atoms with Gasteiger partial charge in [0.1, 0.15) is 0 Å². The second kappa shape index (κ2) is 5.79. The zero-order chi connectivity index (χ0) is 14.9. The van der Waals surface area contributed by atoms with E-state index in [-0.39, 0.29) is 4.90 Å². The van der Waals surface area contributed by atoms with E-state index in [9.17, 15) is 18.6 Å². The van der Waals surface area contributed by atoms with E-state index in [4.69, 9.17) is 0 Å². The lowest BCUT2D eigenvalue weighted by atomic mass is 10.2. The van der Waals surface area contributed by atoms with Crippen LogP contribution in [0.15, 0.2) is 29.2 Å². The smallest absolute Gasteiger partial charge is 0.242 e. The van der Waals surface area contributed by atoms with E-state index in [2.05, 4.69) is 0 Å². The molecule has 0 amide bonds. The molecule has 20 heavy (non-hydrogen) atoms. The average Bonchev–Trinajstić information content (AvgIpc) is 2.68. The van der Waals surface area contributed by atoms with Gasteiger partial charge in [-0.25, -0.2) is 12.7 Å². The molecule has 1 aromatic carbocycles. The molecule has 1 aromatic rings. The van der Waals surface area contributed by atoms with Crippen LogP contribution >= 0.6 is 0 Å². The molecule has 0 aromatic heterocycles. The lowest BCUT2D eigenvalue weighted by Gasteiger charge is -2.16. The Morgan fingerprint density at radius 3 is 2.40 bits per heavy atom. The molecule has 112 valence electrons. The van der Waals surface area contributed by atoms with Crippen molar-refractivity contribution in [2.75, 3.05) is 27.2 Å². The summed E-state index contributed by atoms with van der Waals surface area (Å²) in [5, 5.41) is 19.0. The summed E-state index contributed by atoms with van der Waals surface area (Å²) in [5.41, 5.74) is 0.842. The Balaban J connectivity index is 2.15. The van der Waals surface area contributed by atoms with Gasteiger partial charge >= 0.3 is 0 Å². The van der Waals surface area contributed by atoms with Crippen molar-refractivity contribution in [1.82, 2.24) is 9.21 Å². The van der Waals surface area contributed by atoms with Crippen molar-refractivity contribution < 1.29 is 18.6 Å². The van der Waals surface area contributed by atoms with Crippen molar-refractivity contribution in [3.8, 4) is 0 Å². The van der Waals surface area contributed by atoms with Crippen LogP contribution in [0.2, 0.25) is 0 Å². The van der Waals surface area contributed by atoms with E-state index in [1.807, 2.05) is 11.0 Å². The molecule has 1 heterocycles. The van der Waals surface area contributed by atoms with Crippen LogP contribution in [0.5, 0.6) is 0 Å². The zero-order valence-corrected chi connectivity index (χ0v) is 12.4. The van der Waals surface area contributed by atoms with Crippen LogP contribution in [0.25, 0.3) is 0 Å². The number of aliphatic hydroxyl groups excluding tert-OH is 2. The molecule has 0 saturated carbocycles. The van der Waals surface area contributed by atoms with Crippen molar-refractivity contribution in [3.63, 3.8) is 0 Å². The summed E-state index contributed by atoms with van der Waals surface area (Å²) < 4.78 is 25.3. The minimum Gasteiger partial charge on any atom is -0.389 e. The fourth-order valence-corrected chi connectivity index (χ4v) is 3.22. The number of rotatable bonds is 4. The van der Waals surface area contributed by atoms with Gasteiger partial charge in [0.05, 0.1) is 17.1 Å². The largest absolute Gasteiger partial charge is 0.389 e. The summed E-state index contributed by atoms with van der Waals surface area (Å²) in [6.45, 7) is 1.29. The van der Waals surface area contributed by atoms with Crippen molar-refractivity contribution in [3.05, 3.63) is 29.8 Å². The van der Waals surface area contributed by atoms with Gasteiger partial charge in [-0.2, -0.15) is 0 Å². The summed E-state index contributed by atoms with van der Waals surface area (Å²) in [5.74, 6) is 0. The topological polar surface area (TPSA) is 81.1 Å². The summed E-state index contributed by atoms with van der Waals surface area (Å²) in [6.07, 6.45) is -1.47. The van der Waals surface area contributed by atoms with Crippen LogP contribution in [0.1, 0.15) is 5.56 Å². The number of aliphatic hydroxyl groups is 2. The Labute approximate surface area is 119 Å². The van der Waals surface area contributed by atoms with E-state index in [1.165, 1.54) is 18.4 Å². The highest BCUT2D eigenvalue weighted by molar-refractivity contribution is 7.89. The minimum atomic E-state index is -3.44. The Hall–Kier alpha value is -0.990. The van der Waals surface area contributed by atoms with Crippen LogP contribution in [0.3, 0.4) is 0 Å². The standard InChI is InChI=1S/C13H20N2O4S/c1-14(2)20(18,19)11-5-3-4-10(6-11)7-15-8-12(16)13(17)9-15/h3-6,12-13,16-17H,7-9H2,1-2H3/t12-,13+. The molecule has 0 bridgehead atoms. The van der Waals surface area contributed by atoms with Crippen LogP contribution in [-0.2, 0) is 16.6 Å². The van der Waals surface area contributed by atoms with Gasteiger partial charge in [0, 0.05) is 33.7 Å². The number of hydrogen-bond acceptors (Lipinski definition) is 5. The molecule has 6 nitrogen and oxygen atoms in total. The van der Waals surface area contributed by atoms with Crippen LogP contribution in [-0.4, -0.2) is 67.2 Å². The third-order valence-electron chi connectivity index (χ3n) is 3.42. The fraction of sp³-hybridized carbons (Fsp3) is 0.538. The van der Waals surface area contributed by atoms with Crippen LogP contribution in [0.4, 0.5) is 0 Å². The molecule has 2 N–H and O–H groups in total. The molecule has 0 radical (unpaired) electrons. The summed E-state index contributed by atoms with van der Waals surface area (Å²) in [4.78, 5) is 2.15. The van der Waals surface area contributed by atoms with E-state index < -0.39 is 22.2 Å². The van der Waals surface area contributed by atoms with Gasteiger partial charge in [0.15, 0.2) is 0 Å². The molecule has 1 fully saturated rings. The third kappa shape index (κ3) is 3.18. The molecular formula is C13H20N2O4S. The molecule has 2 rings (SSSR count). The monoisotopic (exact) mass is 300 g/mol. The summed E-state index contributed by atoms with van der Waals surface area (Å²) in [6, 6.07) is 6.74. The molecule has 1 aliphatic heterocycles. The van der Waals surface area contributed by atoms with E-state index in [0.717, 1.165) is 5.56 Å². The van der Waals surface area contributed by atoms with Gasteiger partial charge in [-0.3, -0.25) is 4.90 Å². The first-order chi connectivity index (χ1) is 9.30. The maximum Gasteiger partial charge on any atom is 0.242 e. The van der Waals surface area contributed by atoms with Gasteiger partial charge < -0.3 is 10.2 Å². The van der Waals surface area contributed by atoms with Gasteiger partial charge in [-0.1, -0.05) is 12.1 Å². The first kappa shape index (κ1) is 15.4. The number of hydrogen-bond donors (Lipinski definition) is 2. The number of β-amino-alcohol motifs (C(OH)–C–C–N with tert-alkyl or cyclic N) is 2. The summed E-state index contributed by atoms with van der Waals surface area (Å²) in [7, 11) is -0.448. The quantitative estimate of drug-likeness (QED) is 0.781. The first-order valence-corrected chi connectivity index (χ1v) is 7.84. The lowest BCUT2D eigenvalue weighted by molar-refractivity contribution is 0.0572. The molecular weight excluding hydrogens is 280 g/mol. The van der Waals surface area contributed by atoms with E-state index in [0.29, 0.717) is 19.6 Å². The van der Waals surface area contributed by atoms with Crippen molar-refractivity contribution >= 4 is 10.0 Å². The molecule has 0 aliphatic carbocycles. The van der Waals surface area contributed by atoms with Gasteiger partial charge in [0.25, 0.3) is 0 Å². The molecule has 1 saturated heterocycles. The molecule has 7 heteroatoms.